The van der Waals surface area contributed by atoms with Gasteiger partial charge in [0.15, 0.2) is 21.3 Å². The molecule has 1 saturated carbocycles. The predicted octanol–water partition coefficient (Wildman–Crippen LogP) is 4.95. The van der Waals surface area contributed by atoms with Crippen LogP contribution in [0.25, 0.3) is 22.6 Å². The molecule has 0 radical (unpaired) electrons. The summed E-state index contributed by atoms with van der Waals surface area (Å²) in [6, 6.07) is 7.66. The van der Waals surface area contributed by atoms with E-state index in [1.165, 1.54) is 31.3 Å². The highest BCUT2D eigenvalue weighted by atomic mass is 32.2. The normalized spacial score (nSPS) is 15.7. The molecule has 1 aromatic carbocycles. The number of pyridine rings is 2. The van der Waals surface area contributed by atoms with E-state index in [0.29, 0.717) is 4.68 Å². The maximum Gasteiger partial charge on any atom is 0.416 e. The van der Waals surface area contributed by atoms with Crippen LogP contribution in [0.4, 0.5) is 26.3 Å². The second-order valence-corrected chi connectivity index (χ2v) is 11.2. The summed E-state index contributed by atoms with van der Waals surface area (Å²) in [5.74, 6) is -0.770. The number of halogens is 6. The summed E-state index contributed by atoms with van der Waals surface area (Å²) >= 11 is 0. The Labute approximate surface area is 211 Å². The van der Waals surface area contributed by atoms with Gasteiger partial charge >= 0.3 is 18.0 Å². The average Bonchev–Trinajstić information content (AvgIpc) is 3.63. The first-order chi connectivity index (χ1) is 17.7. The fourth-order valence-electron chi connectivity index (χ4n) is 4.25. The Morgan fingerprint density at radius 1 is 0.974 bits per heavy atom. The molecule has 0 aliphatic heterocycles. The highest BCUT2D eigenvalue weighted by molar-refractivity contribution is 7.91. The first-order valence-electron chi connectivity index (χ1n) is 11.3. The van der Waals surface area contributed by atoms with Crippen molar-refractivity contribution in [3.05, 3.63) is 76.5 Å². The monoisotopic (exact) mass is 556 g/mol. The summed E-state index contributed by atoms with van der Waals surface area (Å²) in [6.07, 6.45) is -7.06. The van der Waals surface area contributed by atoms with Crippen LogP contribution in [0.3, 0.4) is 0 Å². The van der Waals surface area contributed by atoms with Crippen LogP contribution in [-0.2, 0) is 21.4 Å². The minimum Gasteiger partial charge on any atom is -0.250 e. The first kappa shape index (κ1) is 25.9. The van der Waals surface area contributed by atoms with E-state index in [0.717, 1.165) is 34.9 Å². The Morgan fingerprint density at radius 2 is 1.63 bits per heavy atom. The molecule has 38 heavy (non-hydrogen) atoms. The standard InChI is InChI=1S/C24H18F6N4O3S/c1-2-38(36,37)18-11-15(14-3-5-16(6-4-14)23(25,26)27)12-31-20(18)34-21(35)33-13-17(7-8-19(33)32-34)22(9-10-22)24(28,29)30/h3-8,11-13H,2,9-10H2,1H3. The molecule has 0 unspecified atom stereocenters. The van der Waals surface area contributed by atoms with Crippen molar-refractivity contribution >= 4 is 15.5 Å². The zero-order chi connectivity index (χ0) is 27.7. The number of aromatic nitrogens is 4. The highest BCUT2D eigenvalue weighted by Gasteiger charge is 2.64. The van der Waals surface area contributed by atoms with Crippen LogP contribution in [0, 0.1) is 0 Å². The lowest BCUT2D eigenvalue weighted by Gasteiger charge is -2.19. The molecule has 200 valence electrons. The first-order valence-corrected chi connectivity index (χ1v) is 12.9. The van der Waals surface area contributed by atoms with Crippen LogP contribution in [0.5, 0.6) is 0 Å². The van der Waals surface area contributed by atoms with Crippen LogP contribution in [-0.4, -0.2) is 39.5 Å². The van der Waals surface area contributed by atoms with Crippen molar-refractivity contribution < 1.29 is 34.8 Å². The van der Waals surface area contributed by atoms with Crippen LogP contribution in [0.1, 0.15) is 30.9 Å². The SMILES string of the molecule is CCS(=O)(=O)c1cc(-c2ccc(C(F)(F)F)cc2)cnc1-n1nc2ccc(C3(C(F)(F)F)CC3)cn2c1=O. The lowest BCUT2D eigenvalue weighted by Crippen LogP contribution is -2.29. The molecular formula is C24H18F6N4O3S. The highest BCUT2D eigenvalue weighted by Crippen LogP contribution is 2.58. The van der Waals surface area contributed by atoms with Crippen LogP contribution in [0.15, 0.2) is 64.5 Å². The quantitative estimate of drug-likeness (QED) is 0.325. The number of fused-ring (bicyclic) bond motifs is 1. The Morgan fingerprint density at radius 3 is 2.18 bits per heavy atom. The predicted molar refractivity (Wildman–Crippen MR) is 124 cm³/mol. The fourth-order valence-corrected chi connectivity index (χ4v) is 5.28. The third-order valence-corrected chi connectivity index (χ3v) is 8.39. The van der Waals surface area contributed by atoms with Crippen molar-refractivity contribution in [3.8, 4) is 16.9 Å². The van der Waals surface area contributed by atoms with Gasteiger partial charge in [0.1, 0.15) is 4.90 Å². The van der Waals surface area contributed by atoms with E-state index in [9.17, 15) is 39.6 Å². The van der Waals surface area contributed by atoms with Gasteiger partial charge < -0.3 is 0 Å². The fraction of sp³-hybridized carbons (Fsp3) is 0.292. The third kappa shape index (κ3) is 4.16. The van der Waals surface area contributed by atoms with E-state index in [4.69, 9.17) is 0 Å². The number of nitrogens with zero attached hydrogens (tertiary/aromatic N) is 4. The van der Waals surface area contributed by atoms with Gasteiger partial charge in [-0.2, -0.15) is 31.0 Å². The van der Waals surface area contributed by atoms with E-state index in [1.54, 1.807) is 0 Å². The van der Waals surface area contributed by atoms with Crippen molar-refractivity contribution in [2.24, 2.45) is 0 Å². The van der Waals surface area contributed by atoms with Crippen molar-refractivity contribution in [2.45, 2.75) is 42.4 Å². The van der Waals surface area contributed by atoms with E-state index in [-0.39, 0.29) is 41.0 Å². The van der Waals surface area contributed by atoms with Crippen LogP contribution in [0.2, 0.25) is 0 Å². The number of alkyl halides is 6. The summed E-state index contributed by atoms with van der Waals surface area (Å²) in [5, 5.41) is 4.07. The van der Waals surface area contributed by atoms with Gasteiger partial charge in [0, 0.05) is 18.0 Å². The second kappa shape index (κ2) is 8.41. The maximum absolute atomic E-state index is 13.6. The Hall–Kier alpha value is -3.68. The Bertz CT molecular complexity index is 1720. The zero-order valence-electron chi connectivity index (χ0n) is 19.5. The van der Waals surface area contributed by atoms with Gasteiger partial charge in [0.25, 0.3) is 0 Å². The molecule has 4 aromatic rings. The summed E-state index contributed by atoms with van der Waals surface area (Å²) < 4.78 is 107. The number of benzene rings is 1. The maximum atomic E-state index is 13.6. The minimum absolute atomic E-state index is 0.0230. The smallest absolute Gasteiger partial charge is 0.250 e. The molecule has 0 spiro atoms. The number of rotatable bonds is 5. The van der Waals surface area contributed by atoms with Gasteiger partial charge in [-0.15, -0.1) is 5.10 Å². The van der Waals surface area contributed by atoms with Crippen molar-refractivity contribution in [1.29, 1.82) is 0 Å². The van der Waals surface area contributed by atoms with E-state index in [2.05, 4.69) is 10.1 Å². The molecule has 0 saturated heterocycles. The molecular weight excluding hydrogens is 538 g/mol. The van der Waals surface area contributed by atoms with Crippen LogP contribution < -0.4 is 5.69 Å². The third-order valence-electron chi connectivity index (χ3n) is 6.66. The van der Waals surface area contributed by atoms with Gasteiger partial charge in [-0.1, -0.05) is 25.1 Å². The molecule has 0 bridgehead atoms. The Balaban J connectivity index is 1.64. The van der Waals surface area contributed by atoms with Gasteiger partial charge in [-0.3, -0.25) is 0 Å². The van der Waals surface area contributed by atoms with Crippen molar-refractivity contribution in [3.63, 3.8) is 0 Å². The molecule has 0 atom stereocenters. The topological polar surface area (TPSA) is 86.3 Å². The minimum atomic E-state index is -4.55. The summed E-state index contributed by atoms with van der Waals surface area (Å²) in [4.78, 5) is 16.9. The molecule has 0 N–H and O–H groups in total. The lowest BCUT2D eigenvalue weighted by atomic mass is 9.97. The van der Waals surface area contributed by atoms with Gasteiger partial charge in [0.2, 0.25) is 0 Å². The van der Waals surface area contributed by atoms with Crippen molar-refractivity contribution in [2.75, 3.05) is 5.75 Å². The molecule has 1 aliphatic carbocycles. The number of sulfone groups is 1. The lowest BCUT2D eigenvalue weighted by molar-refractivity contribution is -0.160. The molecule has 1 aliphatic rings. The summed E-state index contributed by atoms with van der Waals surface area (Å²) in [5.41, 5.74) is -3.56. The van der Waals surface area contributed by atoms with E-state index >= 15 is 0 Å². The van der Waals surface area contributed by atoms with E-state index in [1.807, 2.05) is 0 Å². The second-order valence-electron chi connectivity index (χ2n) is 8.94. The summed E-state index contributed by atoms with van der Waals surface area (Å²) in [6.45, 7) is 1.36. The molecule has 14 heteroatoms. The number of hydrogen-bond donors (Lipinski definition) is 0. The molecule has 0 amide bonds. The zero-order valence-corrected chi connectivity index (χ0v) is 20.3. The van der Waals surface area contributed by atoms with E-state index < -0.39 is 49.5 Å². The van der Waals surface area contributed by atoms with Gasteiger partial charge in [-0.25, -0.2) is 22.6 Å². The molecule has 3 heterocycles. The molecule has 1 fully saturated rings. The largest absolute Gasteiger partial charge is 0.416 e. The molecule has 7 nitrogen and oxygen atoms in total. The summed E-state index contributed by atoms with van der Waals surface area (Å²) in [7, 11) is -4.03. The van der Waals surface area contributed by atoms with Crippen molar-refractivity contribution in [1.82, 2.24) is 19.2 Å². The van der Waals surface area contributed by atoms with Gasteiger partial charge in [0.05, 0.1) is 16.7 Å². The molecule has 3 aromatic heterocycles. The Kier molecular flexibility index (Phi) is 5.74. The number of hydrogen-bond acceptors (Lipinski definition) is 5. The molecule has 5 rings (SSSR count). The van der Waals surface area contributed by atoms with Gasteiger partial charge in [-0.05, 0) is 48.2 Å². The average molecular weight is 556 g/mol. The van der Waals surface area contributed by atoms with Crippen LogP contribution >= 0.6 is 0 Å².